The first-order chi connectivity index (χ1) is 19.0. The first kappa shape index (κ1) is 27.5. The van der Waals surface area contributed by atoms with Gasteiger partial charge in [0.1, 0.15) is 0 Å². The van der Waals surface area contributed by atoms with Crippen molar-refractivity contribution in [3.8, 4) is 0 Å². The van der Waals surface area contributed by atoms with Crippen molar-refractivity contribution < 1.29 is 0 Å². The van der Waals surface area contributed by atoms with Crippen molar-refractivity contribution >= 4 is 11.9 Å². The predicted molar refractivity (Wildman–Crippen MR) is 161 cm³/mol. The number of hydrogen-bond acceptors (Lipinski definition) is 5. The summed E-state index contributed by atoms with van der Waals surface area (Å²) in [6.45, 7) is 10.3. The van der Waals surface area contributed by atoms with E-state index in [-0.39, 0.29) is 0 Å². The van der Waals surface area contributed by atoms with Crippen molar-refractivity contribution in [2.45, 2.75) is 76.5 Å². The van der Waals surface area contributed by atoms with Crippen molar-refractivity contribution in [1.82, 2.24) is 19.6 Å². The fourth-order valence-electron chi connectivity index (χ4n) is 6.70. The van der Waals surface area contributed by atoms with E-state index in [1.165, 1.54) is 24.0 Å². The first-order valence-electron chi connectivity index (χ1n) is 15.0. The lowest BCUT2D eigenvalue weighted by Gasteiger charge is -2.36. The summed E-state index contributed by atoms with van der Waals surface area (Å²) in [5.74, 6) is 1.42. The topological polar surface area (TPSA) is 75.2 Å². The number of benzene rings is 2. The van der Waals surface area contributed by atoms with Crippen LogP contribution in [0.2, 0.25) is 0 Å². The van der Waals surface area contributed by atoms with Crippen LogP contribution in [0.4, 0.5) is 0 Å². The van der Waals surface area contributed by atoms with E-state index in [1.54, 1.807) is 0 Å². The van der Waals surface area contributed by atoms with E-state index in [4.69, 9.17) is 11.1 Å². The van der Waals surface area contributed by atoms with Gasteiger partial charge >= 0.3 is 0 Å². The molecule has 0 unspecified atom stereocenters. The van der Waals surface area contributed by atoms with E-state index in [1.807, 2.05) is 0 Å². The second-order valence-electron chi connectivity index (χ2n) is 11.7. The number of likely N-dealkylation sites (tertiary alicyclic amines) is 1. The Bertz CT molecular complexity index is 1090. The van der Waals surface area contributed by atoms with Gasteiger partial charge in [-0.3, -0.25) is 15.3 Å². The second-order valence-corrected chi connectivity index (χ2v) is 11.7. The standard InChI is InChI=1S/C32H47N7/c1-3-4-18-37-30(20-27-14-9-6-10-15-27)24-38(32(37)34)25(2)22-36-17-11-16-28(36)23-39-29(21-35-31(39)33)19-26-12-7-5-8-13-26/h5-10,12-15,25,28-30,34H,3-4,11,16-24H2,1-2H3,(H2,33,35)/t25-,28-,29-,30+/m0/s1. The smallest absolute Gasteiger partial charge is 0.194 e. The van der Waals surface area contributed by atoms with Crippen LogP contribution < -0.4 is 5.73 Å². The van der Waals surface area contributed by atoms with Gasteiger partial charge in [-0.25, -0.2) is 0 Å². The van der Waals surface area contributed by atoms with Crippen molar-refractivity contribution in [2.75, 3.05) is 39.3 Å². The molecule has 3 N–H and O–H groups in total. The molecule has 210 valence electrons. The molecule has 0 saturated carbocycles. The van der Waals surface area contributed by atoms with Crippen molar-refractivity contribution in [2.24, 2.45) is 10.7 Å². The largest absolute Gasteiger partial charge is 0.370 e. The number of hydrogen-bond donors (Lipinski definition) is 2. The Hall–Kier alpha value is -3.06. The van der Waals surface area contributed by atoms with Crippen LogP contribution in [0.25, 0.3) is 0 Å². The van der Waals surface area contributed by atoms with E-state index in [0.717, 1.165) is 65.0 Å². The van der Waals surface area contributed by atoms with Crippen LogP contribution >= 0.6 is 0 Å². The number of rotatable bonds is 12. The monoisotopic (exact) mass is 529 g/mol. The number of nitrogens with zero attached hydrogens (tertiary/aromatic N) is 5. The van der Waals surface area contributed by atoms with E-state index in [0.29, 0.717) is 36.1 Å². The molecule has 2 fully saturated rings. The molecule has 3 aliphatic rings. The Morgan fingerprint density at radius 1 is 0.949 bits per heavy atom. The molecule has 0 radical (unpaired) electrons. The Morgan fingerprint density at radius 3 is 2.28 bits per heavy atom. The summed E-state index contributed by atoms with van der Waals surface area (Å²) in [5.41, 5.74) is 9.12. The summed E-state index contributed by atoms with van der Waals surface area (Å²) in [6.07, 6.45) is 6.69. The predicted octanol–water partition coefficient (Wildman–Crippen LogP) is 4.04. The van der Waals surface area contributed by atoms with Crippen LogP contribution in [0, 0.1) is 5.41 Å². The minimum Gasteiger partial charge on any atom is -0.370 e. The Balaban J connectivity index is 1.21. The van der Waals surface area contributed by atoms with Crippen molar-refractivity contribution in [3.63, 3.8) is 0 Å². The van der Waals surface area contributed by atoms with Gasteiger partial charge in [0.25, 0.3) is 0 Å². The lowest BCUT2D eigenvalue weighted by atomic mass is 10.0. The molecule has 7 nitrogen and oxygen atoms in total. The average molecular weight is 530 g/mol. The summed E-state index contributed by atoms with van der Waals surface area (Å²) in [6, 6.07) is 23.0. The van der Waals surface area contributed by atoms with Gasteiger partial charge in [-0.05, 0) is 56.7 Å². The van der Waals surface area contributed by atoms with E-state index in [2.05, 4.69) is 99.1 Å². The number of nitrogens with one attached hydrogen (secondary N) is 1. The number of guanidine groups is 2. The van der Waals surface area contributed by atoms with Crippen LogP contribution in [-0.4, -0.2) is 95.0 Å². The zero-order valence-electron chi connectivity index (χ0n) is 23.9. The first-order valence-corrected chi connectivity index (χ1v) is 15.0. The Labute approximate surface area is 235 Å². The SMILES string of the molecule is CCCCN1C(=N)N([C@@H](C)CN2CCC[C@H]2CN2C(N)=NC[C@@H]2Cc2ccccc2)C[C@H]1Cc1ccccc1. The molecule has 3 aliphatic heterocycles. The van der Waals surface area contributed by atoms with Crippen LogP contribution in [0.5, 0.6) is 0 Å². The molecule has 39 heavy (non-hydrogen) atoms. The third-order valence-electron chi connectivity index (χ3n) is 8.91. The van der Waals surface area contributed by atoms with Gasteiger partial charge in [0, 0.05) is 38.3 Å². The van der Waals surface area contributed by atoms with Gasteiger partial charge in [0.2, 0.25) is 0 Å². The van der Waals surface area contributed by atoms with Gasteiger partial charge < -0.3 is 20.4 Å². The summed E-state index contributed by atoms with van der Waals surface area (Å²) in [4.78, 5) is 14.4. The lowest BCUT2D eigenvalue weighted by molar-refractivity contribution is 0.163. The molecule has 0 spiro atoms. The third-order valence-corrected chi connectivity index (χ3v) is 8.91. The molecule has 0 bridgehead atoms. The molecule has 2 aromatic rings. The summed E-state index contributed by atoms with van der Waals surface area (Å²) in [7, 11) is 0. The summed E-state index contributed by atoms with van der Waals surface area (Å²) < 4.78 is 0. The molecule has 0 aliphatic carbocycles. The fraction of sp³-hybridized carbons (Fsp3) is 0.562. The summed E-state index contributed by atoms with van der Waals surface area (Å²) in [5, 5.41) is 9.13. The highest BCUT2D eigenvalue weighted by molar-refractivity contribution is 5.80. The zero-order chi connectivity index (χ0) is 27.2. The third kappa shape index (κ3) is 6.57. The molecule has 2 aromatic carbocycles. The molecular weight excluding hydrogens is 482 g/mol. The van der Waals surface area contributed by atoms with Crippen LogP contribution in [0.3, 0.4) is 0 Å². The fourth-order valence-corrected chi connectivity index (χ4v) is 6.70. The maximum absolute atomic E-state index is 9.13. The van der Waals surface area contributed by atoms with Crippen molar-refractivity contribution in [3.05, 3.63) is 71.8 Å². The molecule has 4 atom stereocenters. The van der Waals surface area contributed by atoms with Gasteiger partial charge in [-0.2, -0.15) is 0 Å². The maximum atomic E-state index is 9.13. The van der Waals surface area contributed by atoms with Gasteiger partial charge in [-0.1, -0.05) is 74.0 Å². The molecule has 0 aromatic heterocycles. The quantitative estimate of drug-likeness (QED) is 0.434. The summed E-state index contributed by atoms with van der Waals surface area (Å²) >= 11 is 0. The number of nitrogens with two attached hydrogens (primary N) is 1. The van der Waals surface area contributed by atoms with Gasteiger partial charge in [0.15, 0.2) is 11.9 Å². The molecule has 2 saturated heterocycles. The molecule has 0 amide bonds. The molecule has 3 heterocycles. The number of aliphatic imine (C=N–C) groups is 1. The van der Waals surface area contributed by atoms with E-state index < -0.39 is 0 Å². The van der Waals surface area contributed by atoms with Gasteiger partial charge in [0.05, 0.1) is 18.6 Å². The Kier molecular flexibility index (Phi) is 9.07. The van der Waals surface area contributed by atoms with E-state index in [9.17, 15) is 0 Å². The normalized spacial score (nSPS) is 24.6. The molecular formula is C32H47N7. The molecule has 5 rings (SSSR count). The van der Waals surface area contributed by atoms with Crippen molar-refractivity contribution in [1.29, 1.82) is 5.41 Å². The minimum atomic E-state index is 0.299. The van der Waals surface area contributed by atoms with E-state index >= 15 is 0 Å². The highest BCUT2D eigenvalue weighted by Crippen LogP contribution is 2.26. The highest BCUT2D eigenvalue weighted by atomic mass is 15.5. The zero-order valence-corrected chi connectivity index (χ0v) is 23.9. The highest BCUT2D eigenvalue weighted by Gasteiger charge is 2.39. The molecule has 7 heteroatoms. The minimum absolute atomic E-state index is 0.299. The second kappa shape index (κ2) is 12.9. The van der Waals surface area contributed by atoms with Crippen LogP contribution in [0.1, 0.15) is 50.7 Å². The van der Waals surface area contributed by atoms with Crippen LogP contribution in [0.15, 0.2) is 65.7 Å². The van der Waals surface area contributed by atoms with Crippen LogP contribution in [-0.2, 0) is 12.8 Å². The number of unbranched alkanes of at least 4 members (excludes halogenated alkanes) is 1. The van der Waals surface area contributed by atoms with Gasteiger partial charge in [-0.15, -0.1) is 0 Å². The average Bonchev–Trinajstić information content (AvgIpc) is 3.62. The maximum Gasteiger partial charge on any atom is 0.194 e. The lowest BCUT2D eigenvalue weighted by Crippen LogP contribution is -2.51. The Morgan fingerprint density at radius 2 is 1.62 bits per heavy atom.